The number of fused-ring (bicyclic) bond motifs is 9. The van der Waals surface area contributed by atoms with Gasteiger partial charge in [0.05, 0.1) is 17.2 Å². The fraction of sp³-hybridized carbons (Fsp3) is 0. The molecule has 5 aromatic heterocycles. The standard InChI is InChI=1S/C62H39N5O2Si/c1-4-19-41(20-5-1)70(42-21-6-2-7-22-42,43-23-8-3-9-24-43)44-25-14-18-40(38-44)60-64-61(50-30-17-35-55-59(50)49-36-37-63-39-56(49)69-55)66-62(65-60)67-51-31-12-10-26-47(51)57-45(28-15-32-52(57)67)46-29-16-34-54-58(46)48-27-11-13-33-53(48)68-54/h1-39H. The molecule has 14 rings (SSSR count). The summed E-state index contributed by atoms with van der Waals surface area (Å²) in [5, 5.41) is 11.3. The number of aromatic nitrogens is 5. The smallest absolute Gasteiger partial charge is 0.238 e. The van der Waals surface area contributed by atoms with Crippen LogP contribution in [-0.2, 0) is 0 Å². The van der Waals surface area contributed by atoms with E-state index in [0.717, 1.165) is 82.4 Å². The van der Waals surface area contributed by atoms with E-state index in [-0.39, 0.29) is 0 Å². The second-order valence-corrected chi connectivity index (χ2v) is 21.5. The van der Waals surface area contributed by atoms with Gasteiger partial charge in [0, 0.05) is 49.6 Å². The summed E-state index contributed by atoms with van der Waals surface area (Å²) in [7, 11) is -2.91. The maximum atomic E-state index is 6.42. The van der Waals surface area contributed by atoms with Gasteiger partial charge in [0.1, 0.15) is 16.7 Å². The average molecular weight is 914 g/mol. The summed E-state index contributed by atoms with van der Waals surface area (Å²) in [6.45, 7) is 0. The zero-order valence-corrected chi connectivity index (χ0v) is 38.6. The molecule has 0 unspecified atom stereocenters. The Morgan fingerprint density at radius 3 is 1.60 bits per heavy atom. The lowest BCUT2D eigenvalue weighted by atomic mass is 9.95. The summed E-state index contributed by atoms with van der Waals surface area (Å²) in [6, 6.07) is 79.6. The Morgan fingerprint density at radius 2 is 0.871 bits per heavy atom. The van der Waals surface area contributed by atoms with Gasteiger partial charge in [-0.15, -0.1) is 0 Å². The fourth-order valence-electron chi connectivity index (χ4n) is 11.0. The number of hydrogen-bond donors (Lipinski definition) is 0. The van der Waals surface area contributed by atoms with Crippen molar-refractivity contribution in [2.45, 2.75) is 0 Å². The van der Waals surface area contributed by atoms with Crippen LogP contribution in [0.15, 0.2) is 246 Å². The van der Waals surface area contributed by atoms with Crippen LogP contribution in [0.1, 0.15) is 0 Å². The minimum atomic E-state index is -2.91. The molecule has 0 saturated heterocycles. The van der Waals surface area contributed by atoms with Gasteiger partial charge in [0.15, 0.2) is 25.3 Å². The van der Waals surface area contributed by atoms with Gasteiger partial charge in [-0.25, -0.2) is 4.98 Å². The predicted molar refractivity (Wildman–Crippen MR) is 286 cm³/mol. The lowest BCUT2D eigenvalue weighted by Crippen LogP contribution is -2.74. The van der Waals surface area contributed by atoms with Crippen molar-refractivity contribution >= 4 is 94.5 Å². The van der Waals surface area contributed by atoms with E-state index in [1.54, 1.807) is 12.4 Å². The van der Waals surface area contributed by atoms with Crippen LogP contribution >= 0.6 is 0 Å². The van der Waals surface area contributed by atoms with Gasteiger partial charge < -0.3 is 8.83 Å². The van der Waals surface area contributed by atoms with Crippen molar-refractivity contribution in [2.24, 2.45) is 0 Å². The van der Waals surface area contributed by atoms with E-state index in [1.165, 1.54) is 20.7 Å². The Balaban J connectivity index is 1.06. The lowest BCUT2D eigenvalue weighted by Gasteiger charge is -2.34. The highest BCUT2D eigenvalue weighted by atomic mass is 28.3. The lowest BCUT2D eigenvalue weighted by molar-refractivity contribution is 0.667. The van der Waals surface area contributed by atoms with Crippen LogP contribution in [0, 0.1) is 0 Å². The molecule has 0 fully saturated rings. The monoisotopic (exact) mass is 913 g/mol. The highest BCUT2D eigenvalue weighted by Gasteiger charge is 2.41. The van der Waals surface area contributed by atoms with Crippen molar-refractivity contribution in [3.63, 3.8) is 0 Å². The summed E-state index contributed by atoms with van der Waals surface area (Å²) in [6.07, 6.45) is 3.56. The Morgan fingerprint density at radius 1 is 0.357 bits per heavy atom. The third kappa shape index (κ3) is 6.07. The van der Waals surface area contributed by atoms with Gasteiger partial charge in [0.25, 0.3) is 0 Å². The minimum absolute atomic E-state index is 0.505. The van der Waals surface area contributed by atoms with Crippen molar-refractivity contribution in [3.8, 4) is 39.9 Å². The highest BCUT2D eigenvalue weighted by Crippen LogP contribution is 2.43. The number of benzene rings is 9. The number of rotatable bonds is 8. The van der Waals surface area contributed by atoms with E-state index in [9.17, 15) is 0 Å². The first kappa shape index (κ1) is 39.9. The van der Waals surface area contributed by atoms with E-state index >= 15 is 0 Å². The third-order valence-electron chi connectivity index (χ3n) is 13.9. The average Bonchev–Trinajstić information content (AvgIpc) is 4.12. The Kier molecular flexibility index (Phi) is 9.08. The summed E-state index contributed by atoms with van der Waals surface area (Å²) in [5.41, 5.74) is 9.02. The maximum absolute atomic E-state index is 6.42. The zero-order chi connectivity index (χ0) is 46.2. The molecule has 0 bridgehead atoms. The van der Waals surface area contributed by atoms with E-state index in [2.05, 4.69) is 204 Å². The van der Waals surface area contributed by atoms with Crippen LogP contribution in [-0.4, -0.2) is 32.6 Å². The maximum Gasteiger partial charge on any atom is 0.238 e. The molecule has 9 aromatic carbocycles. The number of furan rings is 2. The largest absolute Gasteiger partial charge is 0.456 e. The molecule has 0 atom stereocenters. The van der Waals surface area contributed by atoms with Gasteiger partial charge in [-0.2, -0.15) is 9.97 Å². The van der Waals surface area contributed by atoms with Crippen LogP contribution < -0.4 is 20.7 Å². The van der Waals surface area contributed by atoms with Gasteiger partial charge in [-0.3, -0.25) is 9.55 Å². The predicted octanol–water partition coefficient (Wildman–Crippen LogP) is 12.5. The van der Waals surface area contributed by atoms with Gasteiger partial charge in [0.2, 0.25) is 5.95 Å². The summed E-state index contributed by atoms with van der Waals surface area (Å²) < 4.78 is 15.0. The van der Waals surface area contributed by atoms with Crippen LogP contribution in [0.3, 0.4) is 0 Å². The number of nitrogens with zero attached hydrogens (tertiary/aromatic N) is 5. The molecule has 0 spiro atoms. The second kappa shape index (κ2) is 15.9. The van der Waals surface area contributed by atoms with Gasteiger partial charge >= 0.3 is 0 Å². The molecule has 328 valence electrons. The summed E-state index contributed by atoms with van der Waals surface area (Å²) in [5.74, 6) is 1.59. The quantitative estimate of drug-likeness (QED) is 0.112. The van der Waals surface area contributed by atoms with Crippen LogP contribution in [0.4, 0.5) is 0 Å². The van der Waals surface area contributed by atoms with Crippen LogP contribution in [0.2, 0.25) is 0 Å². The second-order valence-electron chi connectivity index (χ2n) is 17.7. The molecule has 0 aliphatic carbocycles. The molecule has 0 saturated carbocycles. The third-order valence-corrected chi connectivity index (χ3v) is 18.7. The van der Waals surface area contributed by atoms with Crippen LogP contribution in [0.25, 0.3) is 106 Å². The van der Waals surface area contributed by atoms with Crippen molar-refractivity contribution in [1.29, 1.82) is 0 Å². The SMILES string of the molecule is c1ccc([Si](c2ccccc2)(c2ccccc2)c2cccc(-c3nc(-c4cccc5oc6cnccc6c45)nc(-n4c5ccccc5c5c(-c6cccc7oc8ccccc8c67)cccc54)n3)c2)cc1. The molecule has 8 heteroatoms. The van der Waals surface area contributed by atoms with Crippen molar-refractivity contribution in [1.82, 2.24) is 24.5 Å². The molecule has 70 heavy (non-hydrogen) atoms. The van der Waals surface area contributed by atoms with Gasteiger partial charge in [-0.05, 0) is 68.3 Å². The first-order valence-electron chi connectivity index (χ1n) is 23.4. The summed E-state index contributed by atoms with van der Waals surface area (Å²) >= 11 is 0. The molecule has 7 nitrogen and oxygen atoms in total. The molecule has 14 aromatic rings. The summed E-state index contributed by atoms with van der Waals surface area (Å²) in [4.78, 5) is 20.9. The van der Waals surface area contributed by atoms with E-state index < -0.39 is 8.07 Å². The van der Waals surface area contributed by atoms with Crippen LogP contribution in [0.5, 0.6) is 0 Å². The van der Waals surface area contributed by atoms with Crippen molar-refractivity contribution < 1.29 is 8.83 Å². The zero-order valence-electron chi connectivity index (χ0n) is 37.6. The Bertz CT molecular complexity index is 4220. The molecule has 0 radical (unpaired) electrons. The topological polar surface area (TPSA) is 82.8 Å². The molecule has 0 aliphatic heterocycles. The fourth-order valence-corrected chi connectivity index (χ4v) is 15.8. The number of pyridine rings is 1. The van der Waals surface area contributed by atoms with E-state index in [1.807, 2.05) is 30.3 Å². The van der Waals surface area contributed by atoms with Crippen molar-refractivity contribution in [2.75, 3.05) is 0 Å². The Hall–Kier alpha value is -9.24. The first-order chi connectivity index (χ1) is 34.7. The van der Waals surface area contributed by atoms with E-state index in [0.29, 0.717) is 23.2 Å². The molecule has 5 heterocycles. The number of para-hydroxylation sites is 2. The Labute approximate surface area is 402 Å². The minimum Gasteiger partial charge on any atom is -0.456 e. The first-order valence-corrected chi connectivity index (χ1v) is 25.4. The molecular formula is C62H39N5O2Si. The van der Waals surface area contributed by atoms with Crippen molar-refractivity contribution in [3.05, 3.63) is 237 Å². The molecule has 0 N–H and O–H groups in total. The molecule has 0 aliphatic rings. The molecule has 0 amide bonds. The van der Waals surface area contributed by atoms with E-state index in [4.69, 9.17) is 23.8 Å². The number of hydrogen-bond acceptors (Lipinski definition) is 6. The highest BCUT2D eigenvalue weighted by molar-refractivity contribution is 7.19. The van der Waals surface area contributed by atoms with Gasteiger partial charge in [-0.1, -0.05) is 188 Å². The molecular weight excluding hydrogens is 875 g/mol. The normalized spacial score (nSPS) is 12.0.